The lowest BCUT2D eigenvalue weighted by molar-refractivity contribution is 0.181. The van der Waals surface area contributed by atoms with E-state index in [-0.39, 0.29) is 0 Å². The normalized spacial score (nSPS) is 10.0. The van der Waals surface area contributed by atoms with Crippen LogP contribution >= 0.6 is 0 Å². The lowest BCUT2D eigenvalue weighted by Crippen LogP contribution is -1.98. The molecule has 14 heavy (non-hydrogen) atoms. The van der Waals surface area contributed by atoms with Crippen LogP contribution in [0.4, 0.5) is 0 Å². The van der Waals surface area contributed by atoms with Crippen molar-refractivity contribution in [1.82, 2.24) is 0 Å². The predicted octanol–water partition coefficient (Wildman–Crippen LogP) is 2.16. The van der Waals surface area contributed by atoms with Gasteiger partial charge < -0.3 is 14.2 Å². The molecule has 0 atom stereocenters. The Morgan fingerprint density at radius 2 is 1.79 bits per heavy atom. The highest BCUT2D eigenvalue weighted by Gasteiger charge is 2.08. The van der Waals surface area contributed by atoms with Crippen LogP contribution in [0.1, 0.15) is 11.1 Å². The Balaban J connectivity index is 3.13. The Labute approximate surface area is 84.6 Å². The number of methoxy groups -OCH3 is 3. The van der Waals surface area contributed by atoms with Crippen molar-refractivity contribution < 1.29 is 14.2 Å². The van der Waals surface area contributed by atoms with E-state index < -0.39 is 0 Å². The maximum atomic E-state index is 5.26. The molecule has 0 saturated heterocycles. The highest BCUT2D eigenvalue weighted by atomic mass is 16.5. The van der Waals surface area contributed by atoms with E-state index in [0.717, 1.165) is 22.6 Å². The van der Waals surface area contributed by atoms with Gasteiger partial charge in [-0.15, -0.1) is 0 Å². The molecular weight excluding hydrogens is 180 g/mol. The molecule has 78 valence electrons. The van der Waals surface area contributed by atoms with Crippen LogP contribution in [0.15, 0.2) is 12.1 Å². The predicted molar refractivity (Wildman–Crippen MR) is 55.0 cm³/mol. The van der Waals surface area contributed by atoms with E-state index in [4.69, 9.17) is 14.2 Å². The van der Waals surface area contributed by atoms with Gasteiger partial charge in [-0.2, -0.15) is 0 Å². The van der Waals surface area contributed by atoms with Gasteiger partial charge in [-0.1, -0.05) is 0 Å². The van der Waals surface area contributed by atoms with Crippen molar-refractivity contribution in [2.24, 2.45) is 0 Å². The second kappa shape index (κ2) is 4.86. The third-order valence-corrected chi connectivity index (χ3v) is 2.15. The van der Waals surface area contributed by atoms with Crippen LogP contribution in [0.3, 0.4) is 0 Å². The third-order valence-electron chi connectivity index (χ3n) is 2.15. The number of ether oxygens (including phenoxy) is 3. The fourth-order valence-corrected chi connectivity index (χ4v) is 1.38. The molecule has 0 bridgehead atoms. The number of aryl methyl sites for hydroxylation is 1. The minimum atomic E-state index is 0.555. The molecule has 1 rings (SSSR count). The van der Waals surface area contributed by atoms with Crippen molar-refractivity contribution in [2.45, 2.75) is 13.5 Å². The summed E-state index contributed by atoms with van der Waals surface area (Å²) >= 11 is 0. The lowest BCUT2D eigenvalue weighted by Gasteiger charge is -2.12. The summed E-state index contributed by atoms with van der Waals surface area (Å²) in [5.74, 6) is 1.61. The summed E-state index contributed by atoms with van der Waals surface area (Å²) in [5, 5.41) is 0. The highest BCUT2D eigenvalue weighted by molar-refractivity contribution is 5.45. The summed E-state index contributed by atoms with van der Waals surface area (Å²) in [6.45, 7) is 2.57. The largest absolute Gasteiger partial charge is 0.497 e. The van der Waals surface area contributed by atoms with E-state index in [1.807, 2.05) is 19.1 Å². The van der Waals surface area contributed by atoms with Crippen LogP contribution in [0.5, 0.6) is 11.5 Å². The van der Waals surface area contributed by atoms with Gasteiger partial charge in [0.2, 0.25) is 0 Å². The molecule has 0 amide bonds. The van der Waals surface area contributed by atoms with Gasteiger partial charge in [-0.25, -0.2) is 0 Å². The Morgan fingerprint density at radius 1 is 1.07 bits per heavy atom. The molecule has 0 saturated carbocycles. The zero-order valence-corrected chi connectivity index (χ0v) is 9.09. The molecule has 0 fully saturated rings. The quantitative estimate of drug-likeness (QED) is 0.738. The van der Waals surface area contributed by atoms with Gasteiger partial charge in [0.15, 0.2) is 0 Å². The Bertz CT molecular complexity index is 308. The Kier molecular flexibility index (Phi) is 3.77. The zero-order valence-electron chi connectivity index (χ0n) is 9.09. The summed E-state index contributed by atoms with van der Waals surface area (Å²) in [6.07, 6.45) is 0. The molecule has 0 aliphatic carbocycles. The molecule has 0 radical (unpaired) electrons. The third kappa shape index (κ3) is 2.17. The Morgan fingerprint density at radius 3 is 2.29 bits per heavy atom. The molecule has 0 aromatic heterocycles. The van der Waals surface area contributed by atoms with Gasteiger partial charge in [-0.3, -0.25) is 0 Å². The number of rotatable bonds is 4. The van der Waals surface area contributed by atoms with Crippen molar-refractivity contribution in [3.63, 3.8) is 0 Å². The average Bonchev–Trinajstić information content (AvgIpc) is 2.20. The van der Waals surface area contributed by atoms with Gasteiger partial charge in [0.25, 0.3) is 0 Å². The van der Waals surface area contributed by atoms with E-state index in [0.29, 0.717) is 6.61 Å². The first-order valence-electron chi connectivity index (χ1n) is 4.43. The van der Waals surface area contributed by atoms with Crippen molar-refractivity contribution in [2.75, 3.05) is 21.3 Å². The van der Waals surface area contributed by atoms with Crippen LogP contribution in [-0.2, 0) is 11.3 Å². The van der Waals surface area contributed by atoms with Gasteiger partial charge in [0.05, 0.1) is 20.8 Å². The van der Waals surface area contributed by atoms with Crippen molar-refractivity contribution in [3.05, 3.63) is 23.3 Å². The molecule has 0 aliphatic rings. The first-order valence-corrected chi connectivity index (χ1v) is 4.43. The van der Waals surface area contributed by atoms with Crippen molar-refractivity contribution in [3.8, 4) is 11.5 Å². The molecular formula is C11H16O3. The number of hydrogen-bond acceptors (Lipinski definition) is 3. The van der Waals surface area contributed by atoms with E-state index >= 15 is 0 Å². The van der Waals surface area contributed by atoms with Crippen LogP contribution in [0.25, 0.3) is 0 Å². The van der Waals surface area contributed by atoms with Crippen LogP contribution in [-0.4, -0.2) is 21.3 Å². The molecule has 3 heteroatoms. The number of benzene rings is 1. The van der Waals surface area contributed by atoms with Gasteiger partial charge in [0, 0.05) is 18.7 Å². The second-order valence-electron chi connectivity index (χ2n) is 3.06. The minimum Gasteiger partial charge on any atom is -0.497 e. The first kappa shape index (κ1) is 10.9. The molecule has 0 heterocycles. The summed E-state index contributed by atoms with van der Waals surface area (Å²) in [6, 6.07) is 3.83. The molecule has 0 N–H and O–H groups in total. The Hall–Kier alpha value is -1.22. The van der Waals surface area contributed by atoms with Crippen LogP contribution in [0.2, 0.25) is 0 Å². The highest BCUT2D eigenvalue weighted by Crippen LogP contribution is 2.28. The van der Waals surface area contributed by atoms with Gasteiger partial charge in [-0.05, 0) is 18.6 Å². The smallest absolute Gasteiger partial charge is 0.128 e. The van der Waals surface area contributed by atoms with Crippen molar-refractivity contribution >= 4 is 0 Å². The topological polar surface area (TPSA) is 27.7 Å². The van der Waals surface area contributed by atoms with Crippen molar-refractivity contribution in [1.29, 1.82) is 0 Å². The average molecular weight is 196 g/mol. The fraction of sp³-hybridized carbons (Fsp3) is 0.455. The zero-order chi connectivity index (χ0) is 10.6. The van der Waals surface area contributed by atoms with E-state index in [1.54, 1.807) is 21.3 Å². The summed E-state index contributed by atoms with van der Waals surface area (Å²) in [7, 11) is 4.96. The SMILES string of the molecule is COCc1c(C)cc(OC)cc1OC. The monoisotopic (exact) mass is 196 g/mol. The van der Waals surface area contributed by atoms with E-state index in [1.165, 1.54) is 0 Å². The van der Waals surface area contributed by atoms with E-state index in [9.17, 15) is 0 Å². The molecule has 3 nitrogen and oxygen atoms in total. The maximum Gasteiger partial charge on any atom is 0.128 e. The second-order valence-corrected chi connectivity index (χ2v) is 3.06. The summed E-state index contributed by atoms with van der Waals surface area (Å²) in [5.41, 5.74) is 2.18. The van der Waals surface area contributed by atoms with Gasteiger partial charge >= 0.3 is 0 Å². The van der Waals surface area contributed by atoms with Crippen LogP contribution in [0, 0.1) is 6.92 Å². The molecule has 0 unspecified atom stereocenters. The standard InChI is InChI=1S/C11H16O3/c1-8-5-9(13-3)6-11(14-4)10(8)7-12-2/h5-6H,7H2,1-4H3. The molecule has 0 spiro atoms. The first-order chi connectivity index (χ1) is 6.72. The maximum absolute atomic E-state index is 5.26. The number of hydrogen-bond donors (Lipinski definition) is 0. The lowest BCUT2D eigenvalue weighted by atomic mass is 10.1. The van der Waals surface area contributed by atoms with Gasteiger partial charge in [0.1, 0.15) is 11.5 Å². The minimum absolute atomic E-state index is 0.555. The fourth-order valence-electron chi connectivity index (χ4n) is 1.38. The van der Waals surface area contributed by atoms with Crippen LogP contribution < -0.4 is 9.47 Å². The molecule has 1 aromatic rings. The molecule has 1 aromatic carbocycles. The van der Waals surface area contributed by atoms with E-state index in [2.05, 4.69) is 0 Å². The molecule has 0 aliphatic heterocycles. The summed E-state index contributed by atoms with van der Waals surface area (Å²) in [4.78, 5) is 0. The summed E-state index contributed by atoms with van der Waals surface area (Å²) < 4.78 is 15.5.